The minimum atomic E-state index is -0.730. The van der Waals surface area contributed by atoms with Crippen LogP contribution in [0.25, 0.3) is 0 Å². The molecule has 0 aliphatic rings. The first-order chi connectivity index (χ1) is 10.0. The van der Waals surface area contributed by atoms with Crippen molar-refractivity contribution >= 4 is 17.4 Å². The Hall–Kier alpha value is -2.96. The third-order valence-corrected chi connectivity index (χ3v) is 2.73. The quantitative estimate of drug-likeness (QED) is 0.351. The third kappa shape index (κ3) is 3.14. The fourth-order valence-electron chi connectivity index (χ4n) is 1.73. The molecule has 0 bridgehead atoms. The summed E-state index contributed by atoms with van der Waals surface area (Å²) in [7, 11) is 0. The summed E-state index contributed by atoms with van der Waals surface area (Å²) >= 11 is 0. The van der Waals surface area contributed by atoms with E-state index in [2.05, 4.69) is 10.5 Å². The molecule has 108 valence electrons. The van der Waals surface area contributed by atoms with E-state index in [1.807, 2.05) is 0 Å². The SMILES string of the molecule is N/C(=N/O)c1cc(F)ccc1NC(=O)c1ccccc1F. The van der Waals surface area contributed by atoms with E-state index in [0.717, 1.165) is 18.2 Å². The van der Waals surface area contributed by atoms with E-state index in [0.29, 0.717) is 0 Å². The topological polar surface area (TPSA) is 87.7 Å². The van der Waals surface area contributed by atoms with Crippen LogP contribution in [-0.2, 0) is 0 Å². The maximum Gasteiger partial charge on any atom is 0.258 e. The van der Waals surface area contributed by atoms with Crippen molar-refractivity contribution in [2.45, 2.75) is 0 Å². The lowest BCUT2D eigenvalue weighted by Crippen LogP contribution is -2.20. The van der Waals surface area contributed by atoms with Crippen molar-refractivity contribution < 1.29 is 18.8 Å². The first-order valence-corrected chi connectivity index (χ1v) is 5.86. The van der Waals surface area contributed by atoms with Crippen molar-refractivity contribution in [2.24, 2.45) is 10.9 Å². The van der Waals surface area contributed by atoms with Gasteiger partial charge in [0.1, 0.15) is 11.6 Å². The number of hydrogen-bond acceptors (Lipinski definition) is 3. The molecule has 5 nitrogen and oxygen atoms in total. The average molecular weight is 291 g/mol. The minimum absolute atomic E-state index is 0.0119. The number of halogens is 2. The lowest BCUT2D eigenvalue weighted by atomic mass is 10.1. The molecule has 0 aliphatic heterocycles. The summed E-state index contributed by atoms with van der Waals surface area (Å²) in [6.45, 7) is 0. The Labute approximate surface area is 118 Å². The van der Waals surface area contributed by atoms with Crippen molar-refractivity contribution in [3.05, 3.63) is 65.2 Å². The van der Waals surface area contributed by atoms with Crippen LogP contribution >= 0.6 is 0 Å². The number of oxime groups is 1. The number of amidine groups is 1. The summed E-state index contributed by atoms with van der Waals surface area (Å²) < 4.78 is 26.7. The van der Waals surface area contributed by atoms with E-state index in [4.69, 9.17) is 10.9 Å². The number of rotatable bonds is 3. The number of carbonyl (C=O) groups excluding carboxylic acids is 1. The molecule has 4 N–H and O–H groups in total. The molecule has 0 saturated heterocycles. The first kappa shape index (κ1) is 14.4. The molecule has 1 amide bonds. The number of nitrogens with two attached hydrogens (primary N) is 1. The molecule has 0 aliphatic carbocycles. The highest BCUT2D eigenvalue weighted by Gasteiger charge is 2.15. The summed E-state index contributed by atoms with van der Waals surface area (Å²) in [5.41, 5.74) is 5.33. The molecule has 2 aromatic carbocycles. The Morgan fingerprint density at radius 2 is 1.86 bits per heavy atom. The van der Waals surface area contributed by atoms with Gasteiger partial charge >= 0.3 is 0 Å². The predicted molar refractivity (Wildman–Crippen MR) is 73.3 cm³/mol. The Kier molecular flexibility index (Phi) is 4.13. The number of benzene rings is 2. The maximum atomic E-state index is 13.5. The average Bonchev–Trinajstić information content (AvgIpc) is 2.48. The third-order valence-electron chi connectivity index (χ3n) is 2.73. The van der Waals surface area contributed by atoms with Crippen LogP contribution in [0.2, 0.25) is 0 Å². The zero-order valence-corrected chi connectivity index (χ0v) is 10.7. The van der Waals surface area contributed by atoms with Gasteiger partial charge in [0.15, 0.2) is 5.84 Å². The Balaban J connectivity index is 2.36. The second-order valence-corrected chi connectivity index (χ2v) is 4.11. The van der Waals surface area contributed by atoms with Crippen LogP contribution in [0, 0.1) is 11.6 Å². The summed E-state index contributed by atoms with van der Waals surface area (Å²) in [6.07, 6.45) is 0. The van der Waals surface area contributed by atoms with Crippen LogP contribution in [0.1, 0.15) is 15.9 Å². The van der Waals surface area contributed by atoms with Gasteiger partial charge in [-0.05, 0) is 30.3 Å². The lowest BCUT2D eigenvalue weighted by molar-refractivity contribution is 0.102. The molecular weight excluding hydrogens is 280 g/mol. The largest absolute Gasteiger partial charge is 0.409 e. The summed E-state index contributed by atoms with van der Waals surface area (Å²) in [6, 6.07) is 8.72. The van der Waals surface area contributed by atoms with E-state index in [9.17, 15) is 13.6 Å². The van der Waals surface area contributed by atoms with Gasteiger partial charge in [-0.25, -0.2) is 8.78 Å². The van der Waals surface area contributed by atoms with Crippen molar-refractivity contribution in [1.29, 1.82) is 0 Å². The number of nitrogens with one attached hydrogen (secondary N) is 1. The van der Waals surface area contributed by atoms with E-state index < -0.39 is 17.5 Å². The molecule has 21 heavy (non-hydrogen) atoms. The Morgan fingerprint density at radius 1 is 1.14 bits per heavy atom. The Bertz CT molecular complexity index is 717. The molecule has 0 radical (unpaired) electrons. The second kappa shape index (κ2) is 6.00. The molecular formula is C14H11F2N3O2. The number of anilines is 1. The molecule has 0 fully saturated rings. The molecule has 0 unspecified atom stereocenters. The normalized spacial score (nSPS) is 11.2. The van der Waals surface area contributed by atoms with Crippen molar-refractivity contribution in [3.63, 3.8) is 0 Å². The smallest absolute Gasteiger partial charge is 0.258 e. The predicted octanol–water partition coefficient (Wildman–Crippen LogP) is 2.31. The molecule has 0 atom stereocenters. The summed E-state index contributed by atoms with van der Waals surface area (Å²) in [5.74, 6) is -2.42. The Morgan fingerprint density at radius 3 is 2.52 bits per heavy atom. The first-order valence-electron chi connectivity index (χ1n) is 5.86. The monoisotopic (exact) mass is 291 g/mol. The maximum absolute atomic E-state index is 13.5. The fraction of sp³-hybridized carbons (Fsp3) is 0. The number of nitrogens with zero attached hydrogens (tertiary/aromatic N) is 1. The summed E-state index contributed by atoms with van der Waals surface area (Å²) in [4.78, 5) is 12.0. The van der Waals surface area contributed by atoms with E-state index in [-0.39, 0.29) is 22.6 Å². The van der Waals surface area contributed by atoms with Crippen LogP contribution in [0.4, 0.5) is 14.5 Å². The molecule has 2 rings (SSSR count). The van der Waals surface area contributed by atoms with Gasteiger partial charge in [-0.1, -0.05) is 17.3 Å². The highest BCUT2D eigenvalue weighted by atomic mass is 19.1. The van der Waals surface area contributed by atoms with Crippen molar-refractivity contribution in [2.75, 3.05) is 5.32 Å². The number of carbonyl (C=O) groups is 1. The van der Waals surface area contributed by atoms with Crippen molar-refractivity contribution in [1.82, 2.24) is 0 Å². The summed E-state index contributed by atoms with van der Waals surface area (Å²) in [5, 5.41) is 13.8. The van der Waals surface area contributed by atoms with Gasteiger partial charge in [-0.15, -0.1) is 0 Å². The van der Waals surface area contributed by atoms with Crippen LogP contribution in [0.3, 0.4) is 0 Å². The van der Waals surface area contributed by atoms with Gasteiger partial charge in [0.05, 0.1) is 11.3 Å². The van der Waals surface area contributed by atoms with E-state index >= 15 is 0 Å². The van der Waals surface area contributed by atoms with Gasteiger partial charge < -0.3 is 16.3 Å². The molecule has 2 aromatic rings. The van der Waals surface area contributed by atoms with E-state index in [1.54, 1.807) is 0 Å². The second-order valence-electron chi connectivity index (χ2n) is 4.11. The minimum Gasteiger partial charge on any atom is -0.409 e. The van der Waals surface area contributed by atoms with Gasteiger partial charge in [-0.2, -0.15) is 0 Å². The molecule has 7 heteroatoms. The lowest BCUT2D eigenvalue weighted by Gasteiger charge is -2.10. The van der Waals surface area contributed by atoms with Crippen LogP contribution in [0.5, 0.6) is 0 Å². The number of hydrogen-bond donors (Lipinski definition) is 3. The highest BCUT2D eigenvalue weighted by Crippen LogP contribution is 2.18. The molecule has 0 spiro atoms. The molecule has 0 aromatic heterocycles. The van der Waals surface area contributed by atoms with E-state index in [1.165, 1.54) is 24.3 Å². The van der Waals surface area contributed by atoms with Gasteiger partial charge in [0, 0.05) is 5.56 Å². The highest BCUT2D eigenvalue weighted by molar-refractivity contribution is 6.09. The fourth-order valence-corrected chi connectivity index (χ4v) is 1.73. The standard InChI is InChI=1S/C14H11F2N3O2/c15-8-5-6-12(10(7-8)13(17)19-21)18-14(20)9-3-1-2-4-11(9)16/h1-7,21H,(H2,17,19)(H,18,20). The van der Waals surface area contributed by atoms with Crippen LogP contribution in [-0.4, -0.2) is 17.0 Å². The van der Waals surface area contributed by atoms with Gasteiger partial charge in [-0.3, -0.25) is 4.79 Å². The van der Waals surface area contributed by atoms with Crippen LogP contribution in [0.15, 0.2) is 47.6 Å². The zero-order chi connectivity index (χ0) is 15.4. The molecule has 0 heterocycles. The van der Waals surface area contributed by atoms with Gasteiger partial charge in [0.2, 0.25) is 0 Å². The van der Waals surface area contributed by atoms with Crippen molar-refractivity contribution in [3.8, 4) is 0 Å². The zero-order valence-electron chi connectivity index (χ0n) is 10.7. The van der Waals surface area contributed by atoms with Gasteiger partial charge in [0.25, 0.3) is 5.91 Å². The van der Waals surface area contributed by atoms with Crippen LogP contribution < -0.4 is 11.1 Å². The number of amides is 1. The molecule has 0 saturated carbocycles.